The first kappa shape index (κ1) is 25.3. The fraction of sp³-hybridized carbons (Fsp3) is 0.375. The maximum atomic E-state index is 13.6. The third-order valence-electron chi connectivity index (χ3n) is 6.17. The van der Waals surface area contributed by atoms with Gasteiger partial charge in [0.2, 0.25) is 0 Å². The molecule has 0 N–H and O–H groups in total. The molecule has 1 aromatic carbocycles. The molecule has 0 radical (unpaired) electrons. The lowest BCUT2D eigenvalue weighted by Crippen LogP contribution is -2.27. The molecule has 190 valence electrons. The highest BCUT2D eigenvalue weighted by Crippen LogP contribution is 2.36. The summed E-state index contributed by atoms with van der Waals surface area (Å²) >= 11 is 0. The summed E-state index contributed by atoms with van der Waals surface area (Å²) in [6.45, 7) is 5.33. The van der Waals surface area contributed by atoms with E-state index < -0.39 is 15.1 Å². The van der Waals surface area contributed by atoms with Crippen molar-refractivity contribution in [1.82, 2.24) is 34.5 Å². The van der Waals surface area contributed by atoms with Crippen LogP contribution in [0.3, 0.4) is 0 Å². The van der Waals surface area contributed by atoms with Crippen molar-refractivity contribution < 1.29 is 17.9 Å². The topological polar surface area (TPSA) is 127 Å². The lowest BCUT2D eigenvalue weighted by molar-refractivity contribution is 0.390. The van der Waals surface area contributed by atoms with Crippen LogP contribution in [0.2, 0.25) is 0 Å². The number of sulfone groups is 1. The van der Waals surface area contributed by atoms with E-state index in [1.54, 1.807) is 66.1 Å². The first-order chi connectivity index (χ1) is 17.2. The molecule has 0 bridgehead atoms. The molecule has 12 heteroatoms. The minimum atomic E-state index is -3.70. The van der Waals surface area contributed by atoms with E-state index in [4.69, 9.17) is 9.47 Å². The van der Waals surface area contributed by atoms with Crippen molar-refractivity contribution in [3.63, 3.8) is 0 Å². The van der Waals surface area contributed by atoms with Crippen LogP contribution in [0.15, 0.2) is 42.9 Å². The Hall–Kier alpha value is -3.80. The smallest absolute Gasteiger partial charge is 0.189 e. The quantitative estimate of drug-likeness (QED) is 0.333. The van der Waals surface area contributed by atoms with Gasteiger partial charge in [-0.3, -0.25) is 19.2 Å². The van der Waals surface area contributed by atoms with Gasteiger partial charge in [-0.05, 0) is 32.0 Å². The summed E-state index contributed by atoms with van der Waals surface area (Å²) in [5.41, 5.74) is 2.39. The van der Waals surface area contributed by atoms with Gasteiger partial charge in [0, 0.05) is 31.6 Å². The Kier molecular flexibility index (Phi) is 7.07. The standard InChI is InChI=1S/C24H29N7O4S/c1-15-12-26-19(13-25-15)16(2)17(3)36(32,33)14-22-27-28-24(18-10-11-30(4)29-18)31(22)23-20(34-5)8-7-9-21(23)35-6/h7-13,16-17H,14H2,1-6H3/t16-,17-/m1/s1. The number of hydrogen-bond donors (Lipinski definition) is 0. The highest BCUT2D eigenvalue weighted by atomic mass is 32.2. The minimum absolute atomic E-state index is 0.215. The second-order valence-corrected chi connectivity index (χ2v) is 10.9. The lowest BCUT2D eigenvalue weighted by atomic mass is 10.1. The van der Waals surface area contributed by atoms with Crippen molar-refractivity contribution in [1.29, 1.82) is 0 Å². The van der Waals surface area contributed by atoms with Crippen LogP contribution in [0.1, 0.15) is 37.0 Å². The van der Waals surface area contributed by atoms with Crippen molar-refractivity contribution in [2.75, 3.05) is 14.2 Å². The number of aryl methyl sites for hydroxylation is 2. The Bertz CT molecular complexity index is 1440. The Balaban J connectivity index is 1.81. The van der Waals surface area contributed by atoms with Gasteiger partial charge in [0.05, 0.1) is 30.9 Å². The summed E-state index contributed by atoms with van der Waals surface area (Å²) in [7, 11) is 1.15. The van der Waals surface area contributed by atoms with E-state index in [0.717, 1.165) is 5.69 Å². The van der Waals surface area contributed by atoms with Crippen LogP contribution in [0.4, 0.5) is 0 Å². The summed E-state index contributed by atoms with van der Waals surface area (Å²) in [6, 6.07) is 7.09. The second kappa shape index (κ2) is 10.1. The highest BCUT2D eigenvalue weighted by Gasteiger charge is 2.32. The van der Waals surface area contributed by atoms with Crippen LogP contribution in [0.5, 0.6) is 11.5 Å². The van der Waals surface area contributed by atoms with E-state index >= 15 is 0 Å². The van der Waals surface area contributed by atoms with Gasteiger partial charge in [-0.15, -0.1) is 10.2 Å². The van der Waals surface area contributed by atoms with E-state index in [1.165, 1.54) is 14.2 Å². The summed E-state index contributed by atoms with van der Waals surface area (Å²) in [5.74, 6) is 0.790. The van der Waals surface area contributed by atoms with E-state index in [9.17, 15) is 8.42 Å². The summed E-state index contributed by atoms with van der Waals surface area (Å²) in [6.07, 6.45) is 5.03. The van der Waals surface area contributed by atoms with Gasteiger partial charge >= 0.3 is 0 Å². The van der Waals surface area contributed by atoms with Gasteiger partial charge < -0.3 is 9.47 Å². The molecule has 4 rings (SSSR count). The first-order valence-corrected chi connectivity index (χ1v) is 13.0. The number of aromatic nitrogens is 7. The van der Waals surface area contributed by atoms with Gasteiger partial charge in [-0.25, -0.2) is 8.42 Å². The number of benzene rings is 1. The maximum absolute atomic E-state index is 13.6. The number of hydrogen-bond acceptors (Lipinski definition) is 9. The number of para-hydroxylation sites is 1. The Morgan fingerprint density at radius 1 is 1.00 bits per heavy atom. The third-order valence-corrected chi connectivity index (χ3v) is 8.37. The van der Waals surface area contributed by atoms with Crippen molar-refractivity contribution in [2.24, 2.45) is 7.05 Å². The van der Waals surface area contributed by atoms with Gasteiger partial charge in [0.1, 0.15) is 28.6 Å². The van der Waals surface area contributed by atoms with E-state index in [-0.39, 0.29) is 17.5 Å². The van der Waals surface area contributed by atoms with E-state index in [2.05, 4.69) is 25.3 Å². The van der Waals surface area contributed by atoms with Gasteiger partial charge in [-0.1, -0.05) is 13.0 Å². The number of ether oxygens (including phenoxy) is 2. The Labute approximate surface area is 210 Å². The van der Waals surface area contributed by atoms with Crippen LogP contribution in [-0.2, 0) is 22.6 Å². The van der Waals surface area contributed by atoms with Crippen LogP contribution >= 0.6 is 0 Å². The Morgan fingerprint density at radius 2 is 1.69 bits per heavy atom. The molecule has 4 aromatic rings. The van der Waals surface area contributed by atoms with Crippen molar-refractivity contribution in [3.8, 4) is 28.7 Å². The predicted octanol–water partition coefficient (Wildman–Crippen LogP) is 2.89. The van der Waals surface area contributed by atoms with Gasteiger partial charge in [0.25, 0.3) is 0 Å². The molecule has 36 heavy (non-hydrogen) atoms. The van der Waals surface area contributed by atoms with E-state index in [0.29, 0.717) is 34.4 Å². The summed E-state index contributed by atoms with van der Waals surface area (Å²) < 4.78 is 41.7. The molecule has 0 aliphatic carbocycles. The maximum Gasteiger partial charge on any atom is 0.189 e. The molecule has 3 heterocycles. The molecule has 0 saturated carbocycles. The first-order valence-electron chi connectivity index (χ1n) is 11.3. The molecule has 0 spiro atoms. The van der Waals surface area contributed by atoms with Crippen LogP contribution in [-0.4, -0.2) is 62.4 Å². The average molecular weight is 512 g/mol. The molecule has 0 fully saturated rings. The minimum Gasteiger partial charge on any atom is -0.494 e. The number of rotatable bonds is 9. The van der Waals surface area contributed by atoms with Gasteiger partial charge in [0.15, 0.2) is 21.5 Å². The molecule has 3 aromatic heterocycles. The normalized spacial score (nSPS) is 13.4. The monoisotopic (exact) mass is 511 g/mol. The molecule has 0 amide bonds. The van der Waals surface area contributed by atoms with Crippen molar-refractivity contribution >= 4 is 9.84 Å². The molecule has 0 aliphatic heterocycles. The SMILES string of the molecule is COc1cccc(OC)c1-n1c(CS(=O)(=O)[C@H](C)[C@@H](C)c2cnc(C)cn2)nnc1-c1ccn(C)n1. The van der Waals surface area contributed by atoms with E-state index in [1.807, 2.05) is 13.8 Å². The Morgan fingerprint density at radius 3 is 2.25 bits per heavy atom. The summed E-state index contributed by atoms with van der Waals surface area (Å²) in [4.78, 5) is 8.63. The molecule has 0 saturated heterocycles. The predicted molar refractivity (Wildman–Crippen MR) is 134 cm³/mol. The van der Waals surface area contributed by atoms with Gasteiger partial charge in [-0.2, -0.15) is 5.10 Å². The average Bonchev–Trinajstić information content (AvgIpc) is 3.48. The molecule has 0 unspecified atom stereocenters. The third kappa shape index (κ3) is 4.81. The molecule has 2 atom stereocenters. The highest BCUT2D eigenvalue weighted by molar-refractivity contribution is 7.91. The fourth-order valence-corrected chi connectivity index (χ4v) is 5.47. The van der Waals surface area contributed by atoms with Crippen LogP contribution < -0.4 is 9.47 Å². The molecular formula is C24H29N7O4S. The summed E-state index contributed by atoms with van der Waals surface area (Å²) in [5, 5.41) is 12.3. The second-order valence-electron chi connectivity index (χ2n) is 8.54. The molecular weight excluding hydrogens is 482 g/mol. The molecule has 11 nitrogen and oxygen atoms in total. The fourth-order valence-electron chi connectivity index (χ4n) is 3.90. The van der Waals surface area contributed by atoms with Crippen molar-refractivity contribution in [2.45, 2.75) is 37.7 Å². The van der Waals surface area contributed by atoms with Crippen LogP contribution in [0.25, 0.3) is 17.2 Å². The van der Waals surface area contributed by atoms with Crippen molar-refractivity contribution in [3.05, 3.63) is 60.1 Å². The zero-order valence-electron chi connectivity index (χ0n) is 21.1. The lowest BCUT2D eigenvalue weighted by Gasteiger charge is -2.21. The molecule has 0 aliphatic rings. The zero-order valence-corrected chi connectivity index (χ0v) is 21.9. The number of nitrogens with zero attached hydrogens (tertiary/aromatic N) is 7. The zero-order chi connectivity index (χ0) is 26.0. The van der Waals surface area contributed by atoms with Crippen LogP contribution in [0, 0.1) is 6.92 Å². The largest absolute Gasteiger partial charge is 0.494 e. The number of methoxy groups -OCH3 is 2.